The molecule has 0 unspecified atom stereocenters. The lowest BCUT2D eigenvalue weighted by atomic mass is 9.67. The Morgan fingerprint density at radius 1 is 0.645 bits per heavy atom. The molecule has 0 saturated carbocycles. The maximum atomic E-state index is 15.0. The average Bonchev–Trinajstić information content (AvgIpc) is 2.80. The summed E-state index contributed by atoms with van der Waals surface area (Å²) in [5.74, 6) is -11.1. The number of aliphatic hydroxyl groups is 2. The van der Waals surface area contributed by atoms with Crippen molar-refractivity contribution in [3.63, 3.8) is 0 Å². The molecule has 3 aromatic rings. The molecule has 0 amide bonds. The van der Waals surface area contributed by atoms with Crippen LogP contribution in [0.3, 0.4) is 0 Å². The van der Waals surface area contributed by atoms with Gasteiger partial charge in [-0.3, -0.25) is 0 Å². The van der Waals surface area contributed by atoms with E-state index in [4.69, 9.17) is 0 Å². The third-order valence-corrected chi connectivity index (χ3v) is 5.51. The van der Waals surface area contributed by atoms with Crippen LogP contribution in [0.25, 0.3) is 0 Å². The Morgan fingerprint density at radius 3 is 1.52 bits per heavy atom. The number of hydrogen-bond acceptors (Lipinski definition) is 2. The molecule has 0 saturated heterocycles. The minimum atomic E-state index is -2.99. The first-order chi connectivity index (χ1) is 14.7. The van der Waals surface area contributed by atoms with Crippen LogP contribution in [-0.4, -0.2) is 10.2 Å². The lowest BCUT2D eigenvalue weighted by Gasteiger charge is -2.45. The Kier molecular flexibility index (Phi) is 6.48. The summed E-state index contributed by atoms with van der Waals surface area (Å²) in [6.07, 6.45) is 0.630. The lowest BCUT2D eigenvalue weighted by Crippen LogP contribution is -2.51. The van der Waals surface area contributed by atoms with Crippen LogP contribution in [0.2, 0.25) is 0 Å². The van der Waals surface area contributed by atoms with Crippen molar-refractivity contribution in [2.45, 2.75) is 37.4 Å². The van der Waals surface area contributed by atoms with E-state index in [0.29, 0.717) is 12.8 Å². The molecule has 0 bridgehead atoms. The molecular formula is C24H21F5O2. The van der Waals surface area contributed by atoms with Gasteiger partial charge in [0.25, 0.3) is 0 Å². The van der Waals surface area contributed by atoms with E-state index in [-0.39, 0.29) is 17.5 Å². The fraction of sp³-hybridized carbons (Fsp3) is 0.250. The van der Waals surface area contributed by atoms with Crippen molar-refractivity contribution in [2.24, 2.45) is 0 Å². The predicted octanol–water partition coefficient (Wildman–Crippen LogP) is 5.70. The van der Waals surface area contributed by atoms with Crippen LogP contribution in [0.4, 0.5) is 22.0 Å². The molecule has 0 aromatic heterocycles. The molecule has 0 aliphatic carbocycles. The van der Waals surface area contributed by atoms with Crippen molar-refractivity contribution in [3.8, 4) is 0 Å². The molecular weight excluding hydrogens is 415 g/mol. The quantitative estimate of drug-likeness (QED) is 0.284. The summed E-state index contributed by atoms with van der Waals surface area (Å²) in [5, 5.41) is 23.7. The van der Waals surface area contributed by atoms with E-state index >= 15 is 0 Å². The van der Waals surface area contributed by atoms with E-state index in [1.165, 1.54) is 48.5 Å². The topological polar surface area (TPSA) is 40.5 Å². The van der Waals surface area contributed by atoms with Gasteiger partial charge in [-0.1, -0.05) is 80.4 Å². The van der Waals surface area contributed by atoms with Crippen molar-refractivity contribution >= 4 is 0 Å². The van der Waals surface area contributed by atoms with Gasteiger partial charge in [0.2, 0.25) is 5.82 Å². The largest absolute Gasteiger partial charge is 0.381 e. The summed E-state index contributed by atoms with van der Waals surface area (Å²) in [7, 11) is 0. The van der Waals surface area contributed by atoms with E-state index in [1.807, 2.05) is 0 Å². The molecule has 0 fully saturated rings. The van der Waals surface area contributed by atoms with Crippen LogP contribution in [0.5, 0.6) is 0 Å². The van der Waals surface area contributed by atoms with Crippen molar-refractivity contribution in [3.05, 3.63) is 106 Å². The summed E-state index contributed by atoms with van der Waals surface area (Å²) in [4.78, 5) is 0. The van der Waals surface area contributed by atoms with E-state index in [2.05, 4.69) is 0 Å². The van der Waals surface area contributed by atoms with E-state index in [1.54, 1.807) is 19.1 Å². The molecule has 164 valence electrons. The molecule has 2 nitrogen and oxygen atoms in total. The standard InChI is InChI=1S/C24H21F5O2/c1-2-3-14-23(30,15-10-6-4-7-11-15)24(31,16-12-8-5-9-13-16)17-18(25)20(27)22(29)21(28)19(17)26/h4-13,30-31H,2-3,14H2,1H3/t23-,24-/m1/s1. The Morgan fingerprint density at radius 2 is 1.06 bits per heavy atom. The lowest BCUT2D eigenvalue weighted by molar-refractivity contribution is -0.149. The highest BCUT2D eigenvalue weighted by atomic mass is 19.2. The fourth-order valence-electron chi connectivity index (χ4n) is 3.87. The van der Waals surface area contributed by atoms with Gasteiger partial charge < -0.3 is 10.2 Å². The molecule has 31 heavy (non-hydrogen) atoms. The van der Waals surface area contributed by atoms with Crippen LogP contribution in [0.1, 0.15) is 42.9 Å². The maximum absolute atomic E-state index is 15.0. The third-order valence-electron chi connectivity index (χ3n) is 5.51. The highest BCUT2D eigenvalue weighted by molar-refractivity contribution is 5.45. The van der Waals surface area contributed by atoms with Crippen LogP contribution in [0, 0.1) is 29.1 Å². The second-order valence-electron chi connectivity index (χ2n) is 7.35. The summed E-state index contributed by atoms with van der Waals surface area (Å²) < 4.78 is 71.9. The van der Waals surface area contributed by atoms with Gasteiger partial charge >= 0.3 is 0 Å². The minimum Gasteiger partial charge on any atom is -0.381 e. The van der Waals surface area contributed by atoms with Gasteiger partial charge in [0, 0.05) is 0 Å². The highest BCUT2D eigenvalue weighted by Crippen LogP contribution is 2.50. The van der Waals surface area contributed by atoms with Crippen LogP contribution in [0.15, 0.2) is 60.7 Å². The SMILES string of the molecule is CCCC[C@@](O)(c1ccccc1)[C@@](O)(c1ccccc1)c1c(F)c(F)c(F)c(F)c1F. The van der Waals surface area contributed by atoms with Crippen LogP contribution >= 0.6 is 0 Å². The smallest absolute Gasteiger partial charge is 0.200 e. The van der Waals surface area contributed by atoms with Crippen molar-refractivity contribution in [1.82, 2.24) is 0 Å². The second-order valence-corrected chi connectivity index (χ2v) is 7.35. The van der Waals surface area contributed by atoms with E-state index in [0.717, 1.165) is 0 Å². The molecule has 0 spiro atoms. The normalized spacial score (nSPS) is 15.4. The van der Waals surface area contributed by atoms with Gasteiger partial charge in [0.1, 0.15) is 5.60 Å². The minimum absolute atomic E-state index is 0.0683. The molecule has 2 atom stereocenters. The summed E-state index contributed by atoms with van der Waals surface area (Å²) in [5.41, 5.74) is -7.06. The predicted molar refractivity (Wildman–Crippen MR) is 106 cm³/mol. The first kappa shape index (κ1) is 22.9. The summed E-state index contributed by atoms with van der Waals surface area (Å²) >= 11 is 0. The number of halogens is 5. The molecule has 0 radical (unpaired) electrons. The number of benzene rings is 3. The molecule has 3 aromatic carbocycles. The summed E-state index contributed by atoms with van der Waals surface area (Å²) in [6, 6.07) is 14.5. The highest BCUT2D eigenvalue weighted by Gasteiger charge is 2.56. The zero-order valence-corrected chi connectivity index (χ0v) is 16.7. The second kappa shape index (κ2) is 8.77. The van der Waals surface area contributed by atoms with Gasteiger partial charge in [0.15, 0.2) is 28.9 Å². The fourth-order valence-corrected chi connectivity index (χ4v) is 3.87. The van der Waals surface area contributed by atoms with Gasteiger partial charge in [-0.2, -0.15) is 0 Å². The third kappa shape index (κ3) is 3.62. The maximum Gasteiger partial charge on any atom is 0.200 e. The Bertz CT molecular complexity index is 1030. The first-order valence-electron chi connectivity index (χ1n) is 9.77. The number of rotatable bonds is 7. The zero-order chi connectivity index (χ0) is 22.8. The molecule has 3 rings (SSSR count). The van der Waals surface area contributed by atoms with Gasteiger partial charge in [0.05, 0.1) is 5.56 Å². The van der Waals surface area contributed by atoms with Crippen molar-refractivity contribution < 1.29 is 32.2 Å². The number of unbranched alkanes of at least 4 members (excludes halogenated alkanes) is 1. The van der Waals surface area contributed by atoms with Crippen LogP contribution in [-0.2, 0) is 11.2 Å². The van der Waals surface area contributed by atoms with Crippen molar-refractivity contribution in [2.75, 3.05) is 0 Å². The van der Waals surface area contributed by atoms with Gasteiger partial charge in [-0.05, 0) is 17.5 Å². The summed E-state index contributed by atoms with van der Waals surface area (Å²) in [6.45, 7) is 1.80. The Balaban J connectivity index is 2.47. The first-order valence-corrected chi connectivity index (χ1v) is 9.77. The zero-order valence-electron chi connectivity index (χ0n) is 16.7. The van der Waals surface area contributed by atoms with Gasteiger partial charge in [-0.25, -0.2) is 22.0 Å². The molecule has 7 heteroatoms. The average molecular weight is 436 g/mol. The molecule has 0 aliphatic rings. The molecule has 0 heterocycles. The molecule has 2 N–H and O–H groups in total. The Labute approximate surface area is 176 Å². The Hall–Kier alpha value is -2.77. The van der Waals surface area contributed by atoms with E-state index in [9.17, 15) is 32.2 Å². The number of hydrogen-bond donors (Lipinski definition) is 2. The van der Waals surface area contributed by atoms with Crippen molar-refractivity contribution in [1.29, 1.82) is 0 Å². The van der Waals surface area contributed by atoms with Crippen LogP contribution < -0.4 is 0 Å². The monoisotopic (exact) mass is 436 g/mol. The van der Waals surface area contributed by atoms with E-state index < -0.39 is 45.9 Å². The van der Waals surface area contributed by atoms with Gasteiger partial charge in [-0.15, -0.1) is 0 Å². The molecule has 0 aliphatic heterocycles.